The Morgan fingerprint density at radius 1 is 0.185 bits per heavy atom. The van der Waals surface area contributed by atoms with Crippen LogP contribution in [0.3, 0.4) is 0 Å². The second-order valence-corrected chi connectivity index (χ2v) is 16.6. The van der Waals surface area contributed by atoms with Crippen molar-refractivity contribution in [1.29, 1.82) is 0 Å². The van der Waals surface area contributed by atoms with Crippen LogP contribution in [0.25, 0.3) is 88.7 Å². The van der Waals surface area contributed by atoms with E-state index in [0.29, 0.717) is 0 Å². The van der Waals surface area contributed by atoms with Crippen molar-refractivity contribution in [2.24, 2.45) is 0 Å². The highest BCUT2D eigenvalue weighted by Gasteiger charge is 2.18. The zero-order chi connectivity index (χ0) is 43.4. The number of nitrogens with zero attached hydrogens (tertiary/aromatic N) is 1. The van der Waals surface area contributed by atoms with E-state index in [1.165, 1.54) is 88.7 Å². The number of hydrogen-bond donors (Lipinski definition) is 0. The Balaban J connectivity index is 0.926. The van der Waals surface area contributed by atoms with Gasteiger partial charge in [-0.05, 0) is 144 Å². The van der Waals surface area contributed by atoms with E-state index in [1.807, 2.05) is 0 Å². The lowest BCUT2D eigenvalue weighted by Gasteiger charge is -2.28. The topological polar surface area (TPSA) is 3.24 Å². The Bertz CT molecular complexity index is 3320. The summed E-state index contributed by atoms with van der Waals surface area (Å²) in [5, 5.41) is 2.51. The molecule has 0 unspecified atom stereocenters. The summed E-state index contributed by atoms with van der Waals surface area (Å²) < 4.78 is 0. The van der Waals surface area contributed by atoms with Crippen LogP contribution < -0.4 is 4.90 Å². The van der Waals surface area contributed by atoms with E-state index in [4.69, 9.17) is 0 Å². The maximum Gasteiger partial charge on any atom is 0.0540 e. The maximum absolute atomic E-state index is 2.39. The third-order valence-corrected chi connectivity index (χ3v) is 12.5. The summed E-state index contributed by atoms with van der Waals surface area (Å²) in [5.41, 5.74) is 20.0. The zero-order valence-electron chi connectivity index (χ0n) is 35.9. The monoisotopic (exact) mass is 827 g/mol. The van der Waals surface area contributed by atoms with Gasteiger partial charge in [-0.2, -0.15) is 0 Å². The van der Waals surface area contributed by atoms with E-state index >= 15 is 0 Å². The average Bonchev–Trinajstić information content (AvgIpc) is 3.40. The predicted octanol–water partition coefficient (Wildman–Crippen LogP) is 18.0. The highest BCUT2D eigenvalue weighted by Crippen LogP contribution is 2.42. The average molecular weight is 828 g/mol. The molecule has 11 aromatic carbocycles. The van der Waals surface area contributed by atoms with E-state index < -0.39 is 0 Å². The summed E-state index contributed by atoms with van der Waals surface area (Å²) in [5.74, 6) is 0. The highest BCUT2D eigenvalue weighted by atomic mass is 15.1. The Morgan fingerprint density at radius 2 is 0.523 bits per heavy atom. The lowest BCUT2D eigenvalue weighted by atomic mass is 9.93. The fourth-order valence-corrected chi connectivity index (χ4v) is 9.05. The van der Waals surface area contributed by atoms with Gasteiger partial charge in [-0.3, -0.25) is 0 Å². The second-order valence-electron chi connectivity index (χ2n) is 16.6. The van der Waals surface area contributed by atoms with Gasteiger partial charge in [-0.15, -0.1) is 0 Å². The molecule has 0 heterocycles. The SMILES string of the molecule is c1ccc(-c2cc(-c3ccccc3)cc(-c3ccc(N(c4ccc(-c5ccc(-c6cccc(-c7ccc8ccccc8c7)c6)cc5)cc4)c4ccccc4-c4ccccc4)cc3)c2)cc1. The summed E-state index contributed by atoms with van der Waals surface area (Å²) >= 11 is 0. The van der Waals surface area contributed by atoms with Gasteiger partial charge in [0.2, 0.25) is 0 Å². The number of hydrogen-bond acceptors (Lipinski definition) is 1. The quantitative estimate of drug-likeness (QED) is 0.133. The van der Waals surface area contributed by atoms with Crippen molar-refractivity contribution in [3.8, 4) is 77.9 Å². The van der Waals surface area contributed by atoms with Crippen molar-refractivity contribution in [2.45, 2.75) is 0 Å². The first-order valence-electron chi connectivity index (χ1n) is 22.3. The van der Waals surface area contributed by atoms with Crippen LogP contribution in [0.1, 0.15) is 0 Å². The molecule has 0 atom stereocenters. The number of anilines is 3. The molecule has 11 rings (SSSR count). The molecule has 0 aliphatic heterocycles. The minimum atomic E-state index is 1.09. The first-order valence-corrected chi connectivity index (χ1v) is 22.3. The lowest BCUT2D eigenvalue weighted by Crippen LogP contribution is -2.11. The fourth-order valence-electron chi connectivity index (χ4n) is 9.05. The van der Waals surface area contributed by atoms with Gasteiger partial charge in [-0.1, -0.05) is 212 Å². The van der Waals surface area contributed by atoms with Gasteiger partial charge in [0.05, 0.1) is 5.69 Å². The van der Waals surface area contributed by atoms with Crippen LogP contribution in [0.5, 0.6) is 0 Å². The van der Waals surface area contributed by atoms with Gasteiger partial charge in [-0.25, -0.2) is 0 Å². The van der Waals surface area contributed by atoms with Crippen LogP contribution in [0.4, 0.5) is 17.1 Å². The first kappa shape index (κ1) is 39.3. The number of rotatable bonds is 10. The van der Waals surface area contributed by atoms with Crippen LogP contribution in [0.15, 0.2) is 273 Å². The molecule has 306 valence electrons. The molecule has 1 heteroatoms. The molecule has 0 amide bonds. The molecule has 0 bridgehead atoms. The normalized spacial score (nSPS) is 11.1. The summed E-state index contributed by atoms with van der Waals surface area (Å²) in [4.78, 5) is 2.39. The summed E-state index contributed by atoms with van der Waals surface area (Å²) in [6.45, 7) is 0. The molecular weight excluding hydrogens is 783 g/mol. The van der Waals surface area contributed by atoms with E-state index in [1.54, 1.807) is 0 Å². The molecule has 0 aliphatic carbocycles. The van der Waals surface area contributed by atoms with Crippen molar-refractivity contribution in [2.75, 3.05) is 4.90 Å². The summed E-state index contributed by atoms with van der Waals surface area (Å²) in [6.07, 6.45) is 0. The summed E-state index contributed by atoms with van der Waals surface area (Å²) in [6, 6.07) is 98.8. The number of fused-ring (bicyclic) bond motifs is 1. The van der Waals surface area contributed by atoms with Crippen molar-refractivity contribution in [3.63, 3.8) is 0 Å². The van der Waals surface area contributed by atoms with Gasteiger partial charge in [0.15, 0.2) is 0 Å². The fraction of sp³-hybridized carbons (Fsp3) is 0. The number of benzene rings is 11. The van der Waals surface area contributed by atoms with Crippen molar-refractivity contribution >= 4 is 27.8 Å². The third kappa shape index (κ3) is 8.27. The standard InChI is InChI=1S/C64H45N/c1-4-15-46(16-5-1)58-43-59(47-17-6-2-7-18-47)45-60(44-58)52-35-39-62(40-36-52)65(64-26-13-12-25-63(64)53-20-8-3-9-21-53)61-37-33-50(34-38-61)49-27-29-51(30-28-49)55-23-14-24-56(41-55)57-32-31-48-19-10-11-22-54(48)42-57/h1-45H. The smallest absolute Gasteiger partial charge is 0.0540 e. The molecule has 0 fully saturated rings. The summed E-state index contributed by atoms with van der Waals surface area (Å²) in [7, 11) is 0. The van der Waals surface area contributed by atoms with Crippen LogP contribution in [-0.4, -0.2) is 0 Å². The lowest BCUT2D eigenvalue weighted by molar-refractivity contribution is 1.28. The molecule has 0 saturated carbocycles. The van der Waals surface area contributed by atoms with E-state index in [0.717, 1.165) is 17.1 Å². The molecular formula is C64H45N. The molecule has 0 aliphatic rings. The van der Waals surface area contributed by atoms with Crippen molar-refractivity contribution < 1.29 is 0 Å². The minimum absolute atomic E-state index is 1.09. The van der Waals surface area contributed by atoms with Gasteiger partial charge in [0, 0.05) is 16.9 Å². The Morgan fingerprint density at radius 3 is 1.08 bits per heavy atom. The Hall–Kier alpha value is -8.52. The highest BCUT2D eigenvalue weighted by molar-refractivity contribution is 5.91. The molecule has 0 radical (unpaired) electrons. The van der Waals surface area contributed by atoms with Gasteiger partial charge < -0.3 is 4.90 Å². The van der Waals surface area contributed by atoms with E-state index in [-0.39, 0.29) is 0 Å². The molecule has 0 N–H and O–H groups in total. The molecule has 0 spiro atoms. The molecule has 0 aromatic heterocycles. The largest absolute Gasteiger partial charge is 0.310 e. The van der Waals surface area contributed by atoms with Crippen LogP contribution in [0, 0.1) is 0 Å². The van der Waals surface area contributed by atoms with Crippen molar-refractivity contribution in [3.05, 3.63) is 273 Å². The maximum atomic E-state index is 2.39. The van der Waals surface area contributed by atoms with Crippen LogP contribution in [0.2, 0.25) is 0 Å². The third-order valence-electron chi connectivity index (χ3n) is 12.5. The predicted molar refractivity (Wildman–Crippen MR) is 277 cm³/mol. The van der Waals surface area contributed by atoms with E-state index in [2.05, 4.69) is 278 Å². The van der Waals surface area contributed by atoms with E-state index in [9.17, 15) is 0 Å². The molecule has 1 nitrogen and oxygen atoms in total. The molecule has 65 heavy (non-hydrogen) atoms. The number of para-hydroxylation sites is 1. The van der Waals surface area contributed by atoms with Crippen LogP contribution in [-0.2, 0) is 0 Å². The second kappa shape index (κ2) is 17.7. The molecule has 11 aromatic rings. The van der Waals surface area contributed by atoms with Gasteiger partial charge >= 0.3 is 0 Å². The van der Waals surface area contributed by atoms with Gasteiger partial charge in [0.1, 0.15) is 0 Å². The zero-order valence-corrected chi connectivity index (χ0v) is 35.9. The minimum Gasteiger partial charge on any atom is -0.310 e. The van der Waals surface area contributed by atoms with Gasteiger partial charge in [0.25, 0.3) is 0 Å². The molecule has 0 saturated heterocycles. The first-order chi connectivity index (χ1) is 32.2. The Kier molecular flexibility index (Phi) is 10.7. The van der Waals surface area contributed by atoms with Crippen molar-refractivity contribution in [1.82, 2.24) is 0 Å². The Labute approximate surface area is 381 Å². The van der Waals surface area contributed by atoms with Crippen LogP contribution >= 0.6 is 0 Å².